The van der Waals surface area contributed by atoms with Gasteiger partial charge < -0.3 is 15.2 Å². The number of rotatable bonds is 5. The molecule has 1 aromatic carbocycles. The molecule has 0 aliphatic heterocycles. The van der Waals surface area contributed by atoms with Crippen molar-refractivity contribution in [1.29, 1.82) is 0 Å². The Morgan fingerprint density at radius 2 is 2.05 bits per heavy atom. The summed E-state index contributed by atoms with van der Waals surface area (Å²) in [7, 11) is 3.19. The van der Waals surface area contributed by atoms with Gasteiger partial charge in [0.15, 0.2) is 6.04 Å². The minimum atomic E-state index is -1.01. The summed E-state index contributed by atoms with van der Waals surface area (Å²) in [6.07, 6.45) is 0. The van der Waals surface area contributed by atoms with E-state index in [0.29, 0.717) is 27.8 Å². The molecule has 0 saturated heterocycles. The van der Waals surface area contributed by atoms with E-state index in [2.05, 4.69) is 10.4 Å². The first-order valence-corrected chi connectivity index (χ1v) is 6.64. The van der Waals surface area contributed by atoms with Crippen molar-refractivity contribution in [1.82, 2.24) is 9.78 Å². The Balaban J connectivity index is 2.40. The molecule has 1 aromatic heterocycles. The van der Waals surface area contributed by atoms with Crippen LogP contribution in [0.15, 0.2) is 24.3 Å². The fourth-order valence-corrected chi connectivity index (χ4v) is 2.32. The van der Waals surface area contributed by atoms with E-state index in [0.717, 1.165) is 0 Å². The van der Waals surface area contributed by atoms with E-state index >= 15 is 0 Å². The van der Waals surface area contributed by atoms with Crippen LogP contribution in [0.3, 0.4) is 0 Å². The quantitative estimate of drug-likeness (QED) is 0.888. The smallest absolute Gasteiger partial charge is 0.331 e. The van der Waals surface area contributed by atoms with Crippen molar-refractivity contribution in [2.45, 2.75) is 13.0 Å². The van der Waals surface area contributed by atoms with Gasteiger partial charge in [-0.3, -0.25) is 0 Å². The number of carbonyl (C=O) groups is 1. The molecule has 7 heteroatoms. The maximum atomic E-state index is 11.6. The van der Waals surface area contributed by atoms with E-state index in [1.807, 2.05) is 0 Å². The summed E-state index contributed by atoms with van der Waals surface area (Å²) in [6, 6.07) is 5.86. The summed E-state index contributed by atoms with van der Waals surface area (Å²) in [5, 5.41) is 17.3. The highest BCUT2D eigenvalue weighted by Crippen LogP contribution is 2.31. The number of nitrogens with one attached hydrogen (secondary N) is 1. The van der Waals surface area contributed by atoms with Gasteiger partial charge in [-0.2, -0.15) is 5.10 Å². The molecule has 6 nitrogen and oxygen atoms in total. The molecule has 1 heterocycles. The first kappa shape index (κ1) is 15.2. The van der Waals surface area contributed by atoms with Crippen LogP contribution in [0.1, 0.15) is 17.3 Å². The van der Waals surface area contributed by atoms with Gasteiger partial charge in [0.05, 0.1) is 18.4 Å². The second-order valence-electron chi connectivity index (χ2n) is 4.55. The molecule has 0 aliphatic carbocycles. The molecular weight excluding hydrogens is 294 g/mol. The van der Waals surface area contributed by atoms with Gasteiger partial charge in [-0.05, 0) is 31.2 Å². The highest BCUT2D eigenvalue weighted by molar-refractivity contribution is 6.30. The lowest BCUT2D eigenvalue weighted by atomic mass is 10.1. The Labute approximate surface area is 127 Å². The molecule has 2 rings (SSSR count). The lowest BCUT2D eigenvalue weighted by molar-refractivity contribution is -0.138. The third kappa shape index (κ3) is 3.11. The molecule has 0 bridgehead atoms. The SMILES string of the molecule is COc1c(C(Nc2ccc(Cl)cc2)C(=O)O)c(C)nn1C. The number of carboxylic acid groups (broad SMARTS) is 1. The summed E-state index contributed by atoms with van der Waals surface area (Å²) in [5.74, 6) is -0.597. The van der Waals surface area contributed by atoms with Crippen LogP contribution in [0.4, 0.5) is 5.69 Å². The highest BCUT2D eigenvalue weighted by atomic mass is 35.5. The van der Waals surface area contributed by atoms with E-state index < -0.39 is 12.0 Å². The average molecular weight is 310 g/mol. The van der Waals surface area contributed by atoms with Gasteiger partial charge >= 0.3 is 5.97 Å². The number of anilines is 1. The predicted molar refractivity (Wildman–Crippen MR) is 79.9 cm³/mol. The molecule has 1 atom stereocenters. The topological polar surface area (TPSA) is 76.4 Å². The third-order valence-electron chi connectivity index (χ3n) is 3.10. The number of halogens is 1. The van der Waals surface area contributed by atoms with Crippen molar-refractivity contribution < 1.29 is 14.6 Å². The van der Waals surface area contributed by atoms with E-state index in [9.17, 15) is 9.90 Å². The Morgan fingerprint density at radius 3 is 2.57 bits per heavy atom. The molecule has 21 heavy (non-hydrogen) atoms. The molecule has 0 fully saturated rings. The van der Waals surface area contributed by atoms with Gasteiger partial charge in [-0.25, -0.2) is 9.48 Å². The molecule has 2 N–H and O–H groups in total. The Kier molecular flexibility index (Phi) is 4.37. The summed E-state index contributed by atoms with van der Waals surface area (Å²) in [5.41, 5.74) is 1.75. The van der Waals surface area contributed by atoms with Crippen LogP contribution < -0.4 is 10.1 Å². The molecular formula is C14H16ClN3O3. The number of benzene rings is 1. The lowest BCUT2D eigenvalue weighted by Gasteiger charge is -2.17. The third-order valence-corrected chi connectivity index (χ3v) is 3.35. The van der Waals surface area contributed by atoms with Crippen LogP contribution in [0, 0.1) is 6.92 Å². The normalized spacial score (nSPS) is 12.0. The molecule has 0 aliphatic rings. The zero-order valence-electron chi connectivity index (χ0n) is 11.9. The van der Waals surface area contributed by atoms with Crippen molar-refractivity contribution in [3.63, 3.8) is 0 Å². The van der Waals surface area contributed by atoms with Crippen LogP contribution in [0.25, 0.3) is 0 Å². The molecule has 112 valence electrons. The fraction of sp³-hybridized carbons (Fsp3) is 0.286. The summed E-state index contributed by atoms with van der Waals surface area (Å²) in [6.45, 7) is 1.75. The zero-order valence-corrected chi connectivity index (χ0v) is 12.7. The van der Waals surface area contributed by atoms with Crippen molar-refractivity contribution in [3.05, 3.63) is 40.5 Å². The number of aromatic nitrogens is 2. The van der Waals surface area contributed by atoms with E-state index in [1.165, 1.54) is 11.8 Å². The van der Waals surface area contributed by atoms with Crippen molar-refractivity contribution in [2.24, 2.45) is 7.05 Å². The predicted octanol–water partition coefficient (Wildman–Crippen LogP) is 2.63. The number of methoxy groups -OCH3 is 1. The number of ether oxygens (including phenoxy) is 1. The standard InChI is InChI=1S/C14H16ClN3O3/c1-8-11(13(21-3)18(2)17-8)12(14(19)20)16-10-6-4-9(15)5-7-10/h4-7,12,16H,1-3H3,(H,19,20). The first-order valence-electron chi connectivity index (χ1n) is 6.26. The van der Waals surface area contributed by atoms with Crippen LogP contribution in [0.2, 0.25) is 5.02 Å². The van der Waals surface area contributed by atoms with Crippen molar-refractivity contribution in [3.8, 4) is 5.88 Å². The maximum Gasteiger partial charge on any atom is 0.331 e. The molecule has 1 unspecified atom stereocenters. The number of hydrogen-bond acceptors (Lipinski definition) is 4. The Morgan fingerprint density at radius 1 is 1.43 bits per heavy atom. The van der Waals surface area contributed by atoms with Gasteiger partial charge in [0.2, 0.25) is 5.88 Å². The van der Waals surface area contributed by atoms with Gasteiger partial charge in [0.1, 0.15) is 0 Å². The number of hydrogen-bond donors (Lipinski definition) is 2. The fourth-order valence-electron chi connectivity index (χ4n) is 2.20. The minimum Gasteiger partial charge on any atom is -0.481 e. The van der Waals surface area contributed by atoms with Gasteiger partial charge in [0.25, 0.3) is 0 Å². The molecule has 0 spiro atoms. The Hall–Kier alpha value is -2.21. The summed E-state index contributed by atoms with van der Waals surface area (Å²) < 4.78 is 6.78. The monoisotopic (exact) mass is 309 g/mol. The van der Waals surface area contributed by atoms with Gasteiger partial charge in [-0.15, -0.1) is 0 Å². The molecule has 0 saturated carbocycles. The average Bonchev–Trinajstić information content (AvgIpc) is 2.71. The van der Waals surface area contributed by atoms with Crippen LogP contribution in [-0.2, 0) is 11.8 Å². The molecule has 0 radical (unpaired) electrons. The Bertz CT molecular complexity index is 652. The second-order valence-corrected chi connectivity index (χ2v) is 4.99. The molecule has 2 aromatic rings. The largest absolute Gasteiger partial charge is 0.481 e. The number of aryl methyl sites for hydroxylation is 2. The van der Waals surface area contributed by atoms with Crippen LogP contribution in [-0.4, -0.2) is 28.0 Å². The van der Waals surface area contributed by atoms with Crippen molar-refractivity contribution >= 4 is 23.3 Å². The van der Waals surface area contributed by atoms with E-state index in [1.54, 1.807) is 38.2 Å². The van der Waals surface area contributed by atoms with Gasteiger partial charge in [0, 0.05) is 17.8 Å². The minimum absolute atomic E-state index is 0.418. The number of aliphatic carboxylic acids is 1. The summed E-state index contributed by atoms with van der Waals surface area (Å²) in [4.78, 5) is 11.6. The highest BCUT2D eigenvalue weighted by Gasteiger charge is 2.29. The maximum absolute atomic E-state index is 11.6. The zero-order chi connectivity index (χ0) is 15.6. The number of nitrogens with zero attached hydrogens (tertiary/aromatic N) is 2. The van der Waals surface area contributed by atoms with Crippen LogP contribution in [0.5, 0.6) is 5.88 Å². The van der Waals surface area contributed by atoms with Crippen LogP contribution >= 0.6 is 11.6 Å². The van der Waals surface area contributed by atoms with E-state index in [4.69, 9.17) is 16.3 Å². The molecule has 0 amide bonds. The lowest BCUT2D eigenvalue weighted by Crippen LogP contribution is -2.21. The number of carboxylic acids is 1. The first-order chi connectivity index (χ1) is 9.93. The second kappa shape index (κ2) is 6.05. The van der Waals surface area contributed by atoms with E-state index in [-0.39, 0.29) is 0 Å². The summed E-state index contributed by atoms with van der Waals surface area (Å²) >= 11 is 5.83. The van der Waals surface area contributed by atoms with Crippen molar-refractivity contribution in [2.75, 3.05) is 12.4 Å². The van der Waals surface area contributed by atoms with Gasteiger partial charge in [-0.1, -0.05) is 11.6 Å².